The summed E-state index contributed by atoms with van der Waals surface area (Å²) in [5, 5.41) is 8.61. The molecule has 1 aliphatic carbocycles. The van der Waals surface area contributed by atoms with Crippen molar-refractivity contribution in [1.29, 1.82) is 0 Å². The molecule has 0 amide bonds. The summed E-state index contributed by atoms with van der Waals surface area (Å²) in [6.07, 6.45) is 2.26. The van der Waals surface area contributed by atoms with Gasteiger partial charge in [-0.1, -0.05) is 11.8 Å². The fourth-order valence-electron chi connectivity index (χ4n) is 1.60. The molecule has 1 atom stereocenters. The Hall–Kier alpha value is -1.08. The number of hydrogen-bond donors (Lipinski definition) is 1. The monoisotopic (exact) mass is 256 g/mol. The molecule has 0 aromatic carbocycles. The van der Waals surface area contributed by atoms with Crippen LogP contribution in [0.1, 0.15) is 31.6 Å². The third kappa shape index (κ3) is 2.61. The topological polar surface area (TPSA) is 83.0 Å². The average Bonchev–Trinajstić information content (AvgIpc) is 3.10. The molecule has 0 bridgehead atoms. The first-order valence-electron chi connectivity index (χ1n) is 5.55. The molecule has 1 saturated carbocycles. The smallest absolute Gasteiger partial charge is 0.318 e. The predicted octanol–water partition coefficient (Wildman–Crippen LogP) is 0.725. The lowest BCUT2D eigenvalue weighted by atomic mass is 10.5. The Kier molecular flexibility index (Phi) is 3.68. The van der Waals surface area contributed by atoms with Gasteiger partial charge in [0.1, 0.15) is 11.1 Å². The normalized spacial score (nSPS) is 16.9. The number of ether oxygens (including phenoxy) is 1. The minimum absolute atomic E-state index is 0.255. The van der Waals surface area contributed by atoms with Gasteiger partial charge in [-0.2, -0.15) is 0 Å². The van der Waals surface area contributed by atoms with Gasteiger partial charge in [0.25, 0.3) is 0 Å². The summed E-state index contributed by atoms with van der Waals surface area (Å²) in [6.45, 7) is 2.17. The second kappa shape index (κ2) is 5.05. The molecule has 1 aromatic heterocycles. The minimum Gasteiger partial charge on any atom is -0.468 e. The van der Waals surface area contributed by atoms with E-state index in [2.05, 4.69) is 10.2 Å². The molecule has 6 nitrogen and oxygen atoms in total. The van der Waals surface area contributed by atoms with Crippen LogP contribution < -0.4 is 5.73 Å². The van der Waals surface area contributed by atoms with E-state index in [1.807, 2.05) is 4.57 Å². The van der Waals surface area contributed by atoms with Gasteiger partial charge in [0.05, 0.1) is 13.7 Å². The van der Waals surface area contributed by atoms with Crippen LogP contribution in [0.25, 0.3) is 0 Å². The predicted molar refractivity (Wildman–Crippen MR) is 63.5 cm³/mol. The SMILES string of the molecule is COC(=O)C(C)Sc1nnc(CN)n1C1CC1. The first kappa shape index (κ1) is 12.4. The summed E-state index contributed by atoms with van der Waals surface area (Å²) >= 11 is 1.37. The second-order valence-electron chi connectivity index (χ2n) is 3.99. The fraction of sp³-hybridized carbons (Fsp3) is 0.700. The number of methoxy groups -OCH3 is 1. The van der Waals surface area contributed by atoms with Crippen LogP contribution in [0, 0.1) is 0 Å². The maximum atomic E-state index is 11.4. The van der Waals surface area contributed by atoms with Crippen LogP contribution in [0.15, 0.2) is 5.16 Å². The molecule has 0 spiro atoms. The van der Waals surface area contributed by atoms with E-state index in [-0.39, 0.29) is 11.2 Å². The van der Waals surface area contributed by atoms with Gasteiger partial charge in [-0.25, -0.2) is 0 Å². The maximum Gasteiger partial charge on any atom is 0.318 e. The molecule has 1 fully saturated rings. The minimum atomic E-state index is -0.285. The van der Waals surface area contributed by atoms with Crippen molar-refractivity contribution in [2.24, 2.45) is 5.73 Å². The number of carbonyl (C=O) groups excluding carboxylic acids is 1. The molecule has 0 saturated heterocycles. The quantitative estimate of drug-likeness (QED) is 0.617. The zero-order chi connectivity index (χ0) is 12.4. The molecule has 17 heavy (non-hydrogen) atoms. The molecule has 1 aromatic rings. The molecule has 2 rings (SSSR count). The molecule has 0 aliphatic heterocycles. The van der Waals surface area contributed by atoms with Crippen molar-refractivity contribution in [3.8, 4) is 0 Å². The van der Waals surface area contributed by atoms with E-state index in [4.69, 9.17) is 10.5 Å². The molecule has 1 heterocycles. The van der Waals surface area contributed by atoms with Crippen molar-refractivity contribution in [2.75, 3.05) is 7.11 Å². The highest BCUT2D eigenvalue weighted by Gasteiger charge is 2.30. The van der Waals surface area contributed by atoms with Gasteiger partial charge in [0, 0.05) is 6.04 Å². The number of nitrogens with two attached hydrogens (primary N) is 1. The lowest BCUT2D eigenvalue weighted by Gasteiger charge is -2.10. The van der Waals surface area contributed by atoms with Crippen LogP contribution in [-0.4, -0.2) is 33.1 Å². The number of rotatable bonds is 5. The van der Waals surface area contributed by atoms with Crippen LogP contribution in [0.4, 0.5) is 0 Å². The Labute approximate surface area is 104 Å². The van der Waals surface area contributed by atoms with E-state index in [0.717, 1.165) is 23.8 Å². The Morgan fingerprint density at radius 2 is 2.35 bits per heavy atom. The molecular weight excluding hydrogens is 240 g/mol. The first-order chi connectivity index (χ1) is 8.17. The number of aromatic nitrogens is 3. The van der Waals surface area contributed by atoms with Crippen LogP contribution >= 0.6 is 11.8 Å². The number of carbonyl (C=O) groups is 1. The molecule has 1 aliphatic rings. The molecule has 0 radical (unpaired) electrons. The Bertz CT molecular complexity index is 416. The van der Waals surface area contributed by atoms with Gasteiger partial charge in [0.2, 0.25) is 0 Å². The third-order valence-corrected chi connectivity index (χ3v) is 3.68. The van der Waals surface area contributed by atoms with Crippen molar-refractivity contribution in [3.05, 3.63) is 5.82 Å². The van der Waals surface area contributed by atoms with E-state index in [1.165, 1.54) is 18.9 Å². The van der Waals surface area contributed by atoms with Crippen LogP contribution in [0.2, 0.25) is 0 Å². The lowest BCUT2D eigenvalue weighted by Crippen LogP contribution is -2.16. The highest BCUT2D eigenvalue weighted by molar-refractivity contribution is 8.00. The number of hydrogen-bond acceptors (Lipinski definition) is 6. The highest BCUT2D eigenvalue weighted by Crippen LogP contribution is 2.39. The largest absolute Gasteiger partial charge is 0.468 e. The summed E-state index contributed by atoms with van der Waals surface area (Å²) in [7, 11) is 1.39. The van der Waals surface area contributed by atoms with Crippen molar-refractivity contribution in [3.63, 3.8) is 0 Å². The van der Waals surface area contributed by atoms with Gasteiger partial charge >= 0.3 is 5.97 Å². The summed E-state index contributed by atoms with van der Waals surface area (Å²) in [5.41, 5.74) is 5.62. The Morgan fingerprint density at radius 1 is 1.65 bits per heavy atom. The zero-order valence-electron chi connectivity index (χ0n) is 9.92. The molecular formula is C10H16N4O2S. The lowest BCUT2D eigenvalue weighted by molar-refractivity contribution is -0.139. The van der Waals surface area contributed by atoms with E-state index >= 15 is 0 Å². The molecule has 7 heteroatoms. The van der Waals surface area contributed by atoms with E-state index in [9.17, 15) is 4.79 Å². The van der Waals surface area contributed by atoms with Gasteiger partial charge in [-0.15, -0.1) is 10.2 Å². The first-order valence-corrected chi connectivity index (χ1v) is 6.43. The highest BCUT2D eigenvalue weighted by atomic mass is 32.2. The summed E-state index contributed by atoms with van der Waals surface area (Å²) in [4.78, 5) is 11.4. The Balaban J connectivity index is 2.15. The van der Waals surface area contributed by atoms with Crippen molar-refractivity contribution in [1.82, 2.24) is 14.8 Å². The van der Waals surface area contributed by atoms with Crippen molar-refractivity contribution in [2.45, 2.75) is 42.8 Å². The zero-order valence-corrected chi connectivity index (χ0v) is 10.7. The van der Waals surface area contributed by atoms with E-state index in [0.29, 0.717) is 12.6 Å². The standard InChI is InChI=1S/C10H16N4O2S/c1-6(9(15)16-2)17-10-13-12-8(5-11)14(10)7-3-4-7/h6-7H,3-5,11H2,1-2H3. The van der Waals surface area contributed by atoms with Crippen LogP contribution in [0.3, 0.4) is 0 Å². The molecule has 94 valence electrons. The van der Waals surface area contributed by atoms with E-state index < -0.39 is 0 Å². The van der Waals surface area contributed by atoms with Crippen LogP contribution in [0.5, 0.6) is 0 Å². The fourth-order valence-corrected chi connectivity index (χ4v) is 2.56. The van der Waals surface area contributed by atoms with Gasteiger partial charge in [-0.05, 0) is 19.8 Å². The number of nitrogens with zero attached hydrogens (tertiary/aromatic N) is 3. The summed E-state index contributed by atoms with van der Waals surface area (Å²) in [5.74, 6) is 0.529. The Morgan fingerprint density at radius 3 is 2.88 bits per heavy atom. The summed E-state index contributed by atoms with van der Waals surface area (Å²) in [6, 6.07) is 0.455. The molecule has 2 N–H and O–H groups in total. The maximum absolute atomic E-state index is 11.4. The van der Waals surface area contributed by atoms with Crippen molar-refractivity contribution >= 4 is 17.7 Å². The van der Waals surface area contributed by atoms with Crippen molar-refractivity contribution < 1.29 is 9.53 Å². The van der Waals surface area contributed by atoms with Gasteiger partial charge in [0.15, 0.2) is 5.16 Å². The molecule has 1 unspecified atom stereocenters. The van der Waals surface area contributed by atoms with Gasteiger partial charge < -0.3 is 15.0 Å². The third-order valence-electron chi connectivity index (χ3n) is 2.65. The average molecular weight is 256 g/mol. The van der Waals surface area contributed by atoms with E-state index in [1.54, 1.807) is 6.92 Å². The van der Waals surface area contributed by atoms with Crippen LogP contribution in [-0.2, 0) is 16.1 Å². The number of esters is 1. The second-order valence-corrected chi connectivity index (χ2v) is 5.30. The summed E-state index contributed by atoms with van der Waals surface area (Å²) < 4.78 is 6.74. The number of thioether (sulfide) groups is 1. The van der Waals surface area contributed by atoms with Gasteiger partial charge in [-0.3, -0.25) is 4.79 Å².